The highest BCUT2D eigenvalue weighted by molar-refractivity contribution is 9.10. The van der Waals surface area contributed by atoms with Gasteiger partial charge in [-0.3, -0.25) is 9.59 Å². The van der Waals surface area contributed by atoms with Gasteiger partial charge in [-0.1, -0.05) is 54.8 Å². The first-order valence-corrected chi connectivity index (χ1v) is 10.1. The number of amides is 2. The molecule has 1 saturated carbocycles. The van der Waals surface area contributed by atoms with E-state index in [1.54, 1.807) is 4.90 Å². The molecule has 5 heteroatoms. The van der Waals surface area contributed by atoms with Crippen LogP contribution in [0.3, 0.4) is 0 Å². The monoisotopic (exact) mass is 408 g/mol. The molecule has 1 aromatic carbocycles. The summed E-state index contributed by atoms with van der Waals surface area (Å²) in [5.41, 5.74) is 0.606. The van der Waals surface area contributed by atoms with E-state index in [0.717, 1.165) is 48.6 Å². The van der Waals surface area contributed by atoms with E-state index in [9.17, 15) is 9.59 Å². The summed E-state index contributed by atoms with van der Waals surface area (Å²) in [5, 5.41) is 2.89. The summed E-state index contributed by atoms with van der Waals surface area (Å²) in [6.07, 6.45) is 5.60. The third-order valence-electron chi connectivity index (χ3n) is 4.95. The number of nitrogens with zero attached hydrogens (tertiary/aromatic N) is 1. The third-order valence-corrected chi connectivity index (χ3v) is 5.48. The van der Waals surface area contributed by atoms with Crippen molar-refractivity contribution in [3.63, 3.8) is 0 Å². The number of nitrogens with one attached hydrogen (secondary N) is 1. The largest absolute Gasteiger partial charge is 0.355 e. The molecule has 1 N–H and O–H groups in total. The molecule has 0 unspecified atom stereocenters. The van der Waals surface area contributed by atoms with Gasteiger partial charge in [-0.05, 0) is 43.4 Å². The standard InChI is InChI=1S/C20H29BrN2O2/c1-3-13-22-18(24)15-23(14-4-2)19(25)20(11-5-6-12-20)16-7-9-17(21)10-8-16/h7-10H,3-6,11-15H2,1-2H3,(H,22,24). The molecule has 0 aromatic heterocycles. The van der Waals surface area contributed by atoms with Gasteiger partial charge in [0.05, 0.1) is 12.0 Å². The van der Waals surface area contributed by atoms with E-state index < -0.39 is 5.41 Å². The zero-order valence-corrected chi connectivity index (χ0v) is 16.9. The van der Waals surface area contributed by atoms with Crippen molar-refractivity contribution in [3.8, 4) is 0 Å². The van der Waals surface area contributed by atoms with Crippen molar-refractivity contribution in [2.75, 3.05) is 19.6 Å². The normalized spacial score (nSPS) is 15.8. The Kier molecular flexibility index (Phi) is 7.48. The Morgan fingerprint density at radius 2 is 1.76 bits per heavy atom. The van der Waals surface area contributed by atoms with Gasteiger partial charge in [0.25, 0.3) is 0 Å². The number of halogens is 1. The van der Waals surface area contributed by atoms with Crippen LogP contribution in [0.15, 0.2) is 28.7 Å². The van der Waals surface area contributed by atoms with Gasteiger partial charge < -0.3 is 10.2 Å². The van der Waals surface area contributed by atoms with Gasteiger partial charge in [-0.25, -0.2) is 0 Å². The first-order chi connectivity index (χ1) is 12.0. The smallest absolute Gasteiger partial charge is 0.239 e. The van der Waals surface area contributed by atoms with Crippen LogP contribution in [0.5, 0.6) is 0 Å². The van der Waals surface area contributed by atoms with Gasteiger partial charge in [0.1, 0.15) is 0 Å². The van der Waals surface area contributed by atoms with Crippen LogP contribution in [0.4, 0.5) is 0 Å². The molecule has 0 aliphatic heterocycles. The van der Waals surface area contributed by atoms with Crippen LogP contribution < -0.4 is 5.32 Å². The van der Waals surface area contributed by atoms with E-state index in [1.165, 1.54) is 0 Å². The van der Waals surface area contributed by atoms with Crippen LogP contribution in [0, 0.1) is 0 Å². The molecule has 1 aliphatic carbocycles. The molecular formula is C20H29BrN2O2. The summed E-state index contributed by atoms with van der Waals surface area (Å²) in [6.45, 7) is 5.51. The summed E-state index contributed by atoms with van der Waals surface area (Å²) in [4.78, 5) is 27.4. The molecular weight excluding hydrogens is 380 g/mol. The molecule has 0 bridgehead atoms. The SMILES string of the molecule is CCCNC(=O)CN(CCC)C(=O)C1(c2ccc(Br)cc2)CCCC1. The first kappa shape index (κ1) is 20.0. The van der Waals surface area contributed by atoms with Gasteiger partial charge in [-0.2, -0.15) is 0 Å². The second kappa shape index (κ2) is 9.37. The molecule has 1 fully saturated rings. The quantitative estimate of drug-likeness (QED) is 0.705. The van der Waals surface area contributed by atoms with Gasteiger partial charge in [-0.15, -0.1) is 0 Å². The minimum atomic E-state index is -0.471. The highest BCUT2D eigenvalue weighted by atomic mass is 79.9. The molecule has 0 spiro atoms. The lowest BCUT2D eigenvalue weighted by molar-refractivity contribution is -0.141. The Morgan fingerprint density at radius 1 is 1.12 bits per heavy atom. The topological polar surface area (TPSA) is 49.4 Å². The lowest BCUT2D eigenvalue weighted by Gasteiger charge is -2.34. The molecule has 1 aliphatic rings. The highest BCUT2D eigenvalue weighted by Gasteiger charge is 2.45. The lowest BCUT2D eigenvalue weighted by atomic mass is 9.77. The molecule has 138 valence electrons. The zero-order valence-electron chi connectivity index (χ0n) is 15.3. The van der Waals surface area contributed by atoms with Crippen molar-refractivity contribution in [3.05, 3.63) is 34.3 Å². The van der Waals surface area contributed by atoms with Gasteiger partial charge >= 0.3 is 0 Å². The predicted molar refractivity (Wildman–Crippen MR) is 104 cm³/mol. The zero-order chi connectivity index (χ0) is 18.3. The minimum absolute atomic E-state index is 0.0624. The molecule has 25 heavy (non-hydrogen) atoms. The van der Waals surface area contributed by atoms with Gasteiger partial charge in [0.2, 0.25) is 11.8 Å². The Bertz CT molecular complexity index is 580. The van der Waals surface area contributed by atoms with Crippen molar-refractivity contribution >= 4 is 27.7 Å². The average molecular weight is 409 g/mol. The lowest BCUT2D eigenvalue weighted by Crippen LogP contribution is -2.49. The van der Waals surface area contributed by atoms with Crippen molar-refractivity contribution in [1.82, 2.24) is 10.2 Å². The Balaban J connectivity index is 2.23. The number of rotatable bonds is 8. The predicted octanol–water partition coefficient (Wildman–Crippen LogP) is 4.03. The molecule has 2 rings (SSSR count). The number of hydrogen-bond donors (Lipinski definition) is 1. The average Bonchev–Trinajstić information content (AvgIpc) is 3.10. The van der Waals surface area contributed by atoms with Crippen LogP contribution in [0.25, 0.3) is 0 Å². The first-order valence-electron chi connectivity index (χ1n) is 9.35. The second-order valence-electron chi connectivity index (χ2n) is 6.87. The second-order valence-corrected chi connectivity index (χ2v) is 7.79. The van der Waals surface area contributed by atoms with Crippen LogP contribution in [0.2, 0.25) is 0 Å². The minimum Gasteiger partial charge on any atom is -0.355 e. The third kappa shape index (κ3) is 4.84. The number of benzene rings is 1. The van der Waals surface area contributed by atoms with E-state index in [-0.39, 0.29) is 18.4 Å². The fraction of sp³-hybridized carbons (Fsp3) is 0.600. The van der Waals surface area contributed by atoms with Crippen LogP contribution in [0.1, 0.15) is 57.9 Å². The van der Waals surface area contributed by atoms with E-state index in [2.05, 4.69) is 33.4 Å². The fourth-order valence-electron chi connectivity index (χ4n) is 3.69. The van der Waals surface area contributed by atoms with E-state index >= 15 is 0 Å². The maximum absolute atomic E-state index is 13.5. The fourth-order valence-corrected chi connectivity index (χ4v) is 3.96. The highest BCUT2D eigenvalue weighted by Crippen LogP contribution is 2.43. The molecule has 0 saturated heterocycles. The van der Waals surface area contributed by atoms with Gasteiger partial charge in [0, 0.05) is 17.6 Å². The van der Waals surface area contributed by atoms with Crippen LogP contribution in [-0.2, 0) is 15.0 Å². The van der Waals surface area contributed by atoms with Crippen LogP contribution >= 0.6 is 15.9 Å². The van der Waals surface area contributed by atoms with Gasteiger partial charge in [0.15, 0.2) is 0 Å². The van der Waals surface area contributed by atoms with E-state index in [0.29, 0.717) is 13.1 Å². The van der Waals surface area contributed by atoms with Crippen molar-refractivity contribution in [2.24, 2.45) is 0 Å². The van der Waals surface area contributed by atoms with Crippen molar-refractivity contribution < 1.29 is 9.59 Å². The Labute approximate surface area is 159 Å². The number of hydrogen-bond acceptors (Lipinski definition) is 2. The number of carbonyl (C=O) groups is 2. The molecule has 0 atom stereocenters. The number of carbonyl (C=O) groups excluding carboxylic acids is 2. The van der Waals surface area contributed by atoms with Crippen molar-refractivity contribution in [2.45, 2.75) is 57.8 Å². The summed E-state index contributed by atoms with van der Waals surface area (Å²) >= 11 is 3.47. The summed E-state index contributed by atoms with van der Waals surface area (Å²) in [6, 6.07) is 8.10. The Morgan fingerprint density at radius 3 is 2.32 bits per heavy atom. The summed E-state index contributed by atoms with van der Waals surface area (Å²) in [7, 11) is 0. The molecule has 2 amide bonds. The molecule has 0 radical (unpaired) electrons. The van der Waals surface area contributed by atoms with E-state index in [1.807, 2.05) is 26.0 Å². The summed E-state index contributed by atoms with van der Waals surface area (Å²) < 4.78 is 1.02. The van der Waals surface area contributed by atoms with Crippen LogP contribution in [-0.4, -0.2) is 36.3 Å². The van der Waals surface area contributed by atoms with E-state index in [4.69, 9.17) is 0 Å². The molecule has 4 nitrogen and oxygen atoms in total. The molecule has 0 heterocycles. The summed E-state index contributed by atoms with van der Waals surface area (Å²) in [5.74, 6) is 0.0495. The molecule has 1 aromatic rings. The maximum Gasteiger partial charge on any atom is 0.239 e. The maximum atomic E-state index is 13.5. The van der Waals surface area contributed by atoms with Crippen molar-refractivity contribution in [1.29, 1.82) is 0 Å². The Hall–Kier alpha value is -1.36.